The number of aromatic amines is 1. The second kappa shape index (κ2) is 15.2. The van der Waals surface area contributed by atoms with E-state index in [9.17, 15) is 9.59 Å². The molecule has 12 heteroatoms. The zero-order valence-corrected chi connectivity index (χ0v) is 26.0. The Morgan fingerprint density at radius 3 is 2.53 bits per heavy atom. The molecule has 11 nitrogen and oxygen atoms in total. The second-order valence-electron chi connectivity index (χ2n) is 10.7. The molecule has 2 aromatic carbocycles. The third-order valence-corrected chi connectivity index (χ3v) is 7.56. The van der Waals surface area contributed by atoms with Crippen LogP contribution in [0.25, 0.3) is 22.6 Å². The molecule has 0 spiro atoms. The van der Waals surface area contributed by atoms with Crippen LogP contribution in [0.1, 0.15) is 60.4 Å². The molecule has 2 N–H and O–H groups in total. The fourth-order valence-corrected chi connectivity index (χ4v) is 5.24. The molecule has 0 saturated heterocycles. The fourth-order valence-electron chi connectivity index (χ4n) is 5.03. The minimum Gasteiger partial charge on any atom is -0.466 e. The molecule has 0 aliphatic rings. The number of rotatable bonds is 14. The molecule has 232 valence electrons. The number of aromatic nitrogens is 7. The molecular weight excluding hydrogens is 592 g/mol. The van der Waals surface area contributed by atoms with Crippen molar-refractivity contribution >= 4 is 23.5 Å². The summed E-state index contributed by atoms with van der Waals surface area (Å²) in [6.07, 6.45) is 4.56. The highest BCUT2D eigenvalue weighted by Gasteiger charge is 2.22. The highest BCUT2D eigenvalue weighted by Crippen LogP contribution is 2.28. The first kappa shape index (κ1) is 31.5. The normalized spacial score (nSPS) is 11.7. The summed E-state index contributed by atoms with van der Waals surface area (Å²) in [6, 6.07) is 20.4. The highest BCUT2D eigenvalue weighted by atomic mass is 35.5. The molecule has 1 amide bonds. The van der Waals surface area contributed by atoms with E-state index in [0.717, 1.165) is 52.9 Å². The number of pyridine rings is 1. The molecule has 0 fully saturated rings. The summed E-state index contributed by atoms with van der Waals surface area (Å²) in [4.78, 5) is 30.7. The number of tetrazole rings is 1. The maximum Gasteiger partial charge on any atom is 0.307 e. The highest BCUT2D eigenvalue weighted by molar-refractivity contribution is 6.31. The van der Waals surface area contributed by atoms with E-state index in [2.05, 4.69) is 38.0 Å². The molecule has 5 aromatic rings. The molecule has 0 bridgehead atoms. The van der Waals surface area contributed by atoms with Crippen LogP contribution in [0.4, 0.5) is 0 Å². The number of hydrogen-bond acceptors (Lipinski definition) is 8. The number of hydrogen-bond donors (Lipinski definition) is 2. The largest absolute Gasteiger partial charge is 0.466 e. The number of esters is 1. The van der Waals surface area contributed by atoms with E-state index in [0.29, 0.717) is 30.4 Å². The Labute approximate surface area is 266 Å². The Morgan fingerprint density at radius 2 is 1.82 bits per heavy atom. The molecule has 0 saturated carbocycles. The number of halogens is 1. The van der Waals surface area contributed by atoms with Gasteiger partial charge in [0.25, 0.3) is 5.91 Å². The predicted octanol–water partition coefficient (Wildman–Crippen LogP) is 5.46. The maximum atomic E-state index is 13.5. The standard InChI is InChI=1S/C33H35ClN8O3/c1-3-9-25-19-30(33(44)36-24(18-31(43)45-16-4-2)17-23-10-5-8-13-28(23)34)39-42(25)21-22-14-15-29(35-20-22)26-11-6-7-12-27(26)32-37-40-41-38-32/h5-8,10-15,19-20,24H,3-4,9,16-18,21H2,1-2H3,(H,36,44)(H,37,38,40,41)/t24-/m1/s1. The van der Waals surface area contributed by atoms with Gasteiger partial charge in [-0.15, -0.1) is 10.2 Å². The van der Waals surface area contributed by atoms with Crippen molar-refractivity contribution < 1.29 is 14.3 Å². The smallest absolute Gasteiger partial charge is 0.307 e. The van der Waals surface area contributed by atoms with Gasteiger partial charge >= 0.3 is 5.97 Å². The van der Waals surface area contributed by atoms with Gasteiger partial charge in [-0.25, -0.2) is 0 Å². The van der Waals surface area contributed by atoms with Gasteiger partial charge in [-0.1, -0.05) is 80.4 Å². The Morgan fingerprint density at radius 1 is 1.02 bits per heavy atom. The Balaban J connectivity index is 1.33. The van der Waals surface area contributed by atoms with Gasteiger partial charge in [0.2, 0.25) is 5.82 Å². The second-order valence-corrected chi connectivity index (χ2v) is 11.1. The minimum absolute atomic E-state index is 0.0212. The lowest BCUT2D eigenvalue weighted by molar-refractivity contribution is -0.144. The van der Waals surface area contributed by atoms with Crippen molar-refractivity contribution in [1.82, 2.24) is 40.7 Å². The van der Waals surface area contributed by atoms with E-state index >= 15 is 0 Å². The van der Waals surface area contributed by atoms with Crippen LogP contribution in [0.5, 0.6) is 0 Å². The van der Waals surface area contributed by atoms with Crippen molar-refractivity contribution in [2.24, 2.45) is 0 Å². The number of carbonyl (C=O) groups is 2. The van der Waals surface area contributed by atoms with Crippen molar-refractivity contribution in [2.75, 3.05) is 6.61 Å². The number of ether oxygens (including phenoxy) is 1. The molecule has 0 aliphatic heterocycles. The summed E-state index contributed by atoms with van der Waals surface area (Å²) in [7, 11) is 0. The van der Waals surface area contributed by atoms with Gasteiger partial charge in [-0.3, -0.25) is 19.3 Å². The molecule has 0 radical (unpaired) electrons. The molecule has 1 atom stereocenters. The number of amides is 1. The summed E-state index contributed by atoms with van der Waals surface area (Å²) >= 11 is 6.39. The summed E-state index contributed by atoms with van der Waals surface area (Å²) in [5, 5.41) is 22.6. The number of nitrogens with one attached hydrogen (secondary N) is 2. The summed E-state index contributed by atoms with van der Waals surface area (Å²) in [6.45, 7) is 4.78. The van der Waals surface area contributed by atoms with Crippen molar-refractivity contribution in [1.29, 1.82) is 0 Å². The van der Waals surface area contributed by atoms with Gasteiger partial charge in [-0.2, -0.15) is 10.3 Å². The Kier molecular flexibility index (Phi) is 10.7. The van der Waals surface area contributed by atoms with E-state index in [1.54, 1.807) is 12.3 Å². The van der Waals surface area contributed by atoms with Gasteiger partial charge in [0.15, 0.2) is 0 Å². The first-order valence-electron chi connectivity index (χ1n) is 15.0. The van der Waals surface area contributed by atoms with Crippen molar-refractivity contribution in [3.63, 3.8) is 0 Å². The topological polar surface area (TPSA) is 141 Å². The molecule has 5 rings (SSSR count). The zero-order valence-electron chi connectivity index (χ0n) is 25.2. The third-order valence-electron chi connectivity index (χ3n) is 7.19. The van der Waals surface area contributed by atoms with Crippen molar-refractivity contribution in [3.05, 3.63) is 100 Å². The zero-order chi connectivity index (χ0) is 31.6. The average molecular weight is 627 g/mol. The van der Waals surface area contributed by atoms with E-state index in [4.69, 9.17) is 21.3 Å². The Hall–Kier alpha value is -4.90. The average Bonchev–Trinajstić information content (AvgIpc) is 3.73. The SMILES string of the molecule is CCCOC(=O)C[C@@H](Cc1ccccc1Cl)NC(=O)c1cc(CCC)n(Cc2ccc(-c3ccccc3-c3nn[nH]n3)nc2)n1. The number of benzene rings is 2. The maximum absolute atomic E-state index is 13.5. The molecule has 45 heavy (non-hydrogen) atoms. The molecule has 3 aromatic heterocycles. The van der Waals surface area contributed by atoms with Gasteiger partial charge in [0.1, 0.15) is 5.69 Å². The first-order chi connectivity index (χ1) is 21.9. The van der Waals surface area contributed by atoms with Crippen LogP contribution in [0, 0.1) is 0 Å². The number of nitrogens with zero attached hydrogens (tertiary/aromatic N) is 6. The third kappa shape index (κ3) is 8.18. The minimum atomic E-state index is -0.520. The quantitative estimate of drug-likeness (QED) is 0.155. The fraction of sp³-hybridized carbons (Fsp3) is 0.303. The van der Waals surface area contributed by atoms with Crippen molar-refractivity contribution in [2.45, 2.75) is 58.5 Å². The van der Waals surface area contributed by atoms with Gasteiger partial charge in [0, 0.05) is 34.1 Å². The predicted molar refractivity (Wildman–Crippen MR) is 170 cm³/mol. The first-order valence-corrected chi connectivity index (χ1v) is 15.4. The van der Waals surface area contributed by atoms with Crippen LogP contribution in [-0.2, 0) is 28.9 Å². The number of aryl methyl sites for hydroxylation is 1. The molecule has 0 aliphatic carbocycles. The van der Waals surface area contributed by atoms with Gasteiger partial charge < -0.3 is 10.1 Å². The van der Waals surface area contributed by atoms with E-state index < -0.39 is 6.04 Å². The van der Waals surface area contributed by atoms with Crippen LogP contribution in [0.2, 0.25) is 5.02 Å². The van der Waals surface area contributed by atoms with E-state index in [1.165, 1.54) is 0 Å². The van der Waals surface area contributed by atoms with E-state index in [1.807, 2.05) is 72.3 Å². The van der Waals surface area contributed by atoms with Gasteiger partial charge in [-0.05, 0) is 53.8 Å². The van der Waals surface area contributed by atoms with Crippen LogP contribution in [-0.4, -0.2) is 59.9 Å². The Bertz CT molecular complexity index is 1720. The van der Waals surface area contributed by atoms with Crippen molar-refractivity contribution in [3.8, 4) is 22.6 Å². The van der Waals surface area contributed by atoms with Gasteiger partial charge in [0.05, 0.1) is 25.3 Å². The number of carbonyl (C=O) groups excluding carboxylic acids is 2. The lowest BCUT2D eigenvalue weighted by Gasteiger charge is -2.18. The van der Waals surface area contributed by atoms with E-state index in [-0.39, 0.29) is 24.0 Å². The lowest BCUT2D eigenvalue weighted by Crippen LogP contribution is -2.38. The van der Waals surface area contributed by atoms with Crippen LogP contribution in [0.15, 0.2) is 72.9 Å². The van der Waals surface area contributed by atoms with Crippen LogP contribution < -0.4 is 5.32 Å². The summed E-state index contributed by atoms with van der Waals surface area (Å²) in [5.74, 6) is -0.241. The monoisotopic (exact) mass is 626 g/mol. The molecular formula is C33H35ClN8O3. The summed E-state index contributed by atoms with van der Waals surface area (Å²) in [5.41, 5.74) is 5.46. The molecule has 0 unspecified atom stereocenters. The lowest BCUT2D eigenvalue weighted by atomic mass is 10.0. The van der Waals surface area contributed by atoms with Crippen LogP contribution in [0.3, 0.4) is 0 Å². The molecule has 3 heterocycles. The summed E-state index contributed by atoms with van der Waals surface area (Å²) < 4.78 is 7.14. The number of H-pyrrole nitrogens is 1. The van der Waals surface area contributed by atoms with Crippen LogP contribution >= 0.6 is 11.6 Å².